The normalized spacial score (nSPS) is 17.9. The Morgan fingerprint density at radius 2 is 2.05 bits per heavy atom. The van der Waals surface area contributed by atoms with Crippen LogP contribution in [0.2, 0.25) is 0 Å². The number of thiophene rings is 1. The summed E-state index contributed by atoms with van der Waals surface area (Å²) < 4.78 is 27.8. The van der Waals surface area contributed by atoms with Crippen LogP contribution in [0.15, 0.2) is 10.3 Å². The van der Waals surface area contributed by atoms with Crippen LogP contribution in [-0.2, 0) is 16.6 Å². The van der Waals surface area contributed by atoms with Gasteiger partial charge < -0.3 is 5.32 Å². The number of hydrogen-bond donors (Lipinski definition) is 2. The molecule has 0 amide bonds. The molecule has 1 aliphatic rings. The largest absolute Gasteiger partial charge is 0.310 e. The predicted octanol–water partition coefficient (Wildman–Crippen LogP) is 2.39. The molecule has 0 radical (unpaired) electrons. The number of sulfonamides is 1. The highest BCUT2D eigenvalue weighted by molar-refractivity contribution is 7.89. The maximum absolute atomic E-state index is 12.5. The molecule has 1 fully saturated rings. The molecule has 0 aliphatic heterocycles. The summed E-state index contributed by atoms with van der Waals surface area (Å²) in [5.41, 5.74) is 0.609. The number of rotatable bonds is 6. The summed E-state index contributed by atoms with van der Waals surface area (Å²) in [5, 5.41) is 5.20. The summed E-state index contributed by atoms with van der Waals surface area (Å²) in [6, 6.07) is 0.340. The van der Waals surface area contributed by atoms with E-state index in [0.717, 1.165) is 23.3 Å². The molecule has 1 heterocycles. The van der Waals surface area contributed by atoms with Crippen LogP contribution in [0.3, 0.4) is 0 Å². The second kappa shape index (κ2) is 5.16. The van der Waals surface area contributed by atoms with Crippen LogP contribution in [0.1, 0.15) is 44.1 Å². The van der Waals surface area contributed by atoms with E-state index in [1.54, 1.807) is 0 Å². The van der Waals surface area contributed by atoms with Crippen LogP contribution in [0.25, 0.3) is 0 Å². The first-order valence-corrected chi connectivity index (χ1v) is 8.94. The molecule has 1 saturated carbocycles. The molecule has 2 rings (SSSR count). The van der Waals surface area contributed by atoms with Crippen molar-refractivity contribution in [1.29, 1.82) is 0 Å². The van der Waals surface area contributed by atoms with Gasteiger partial charge in [0.15, 0.2) is 0 Å². The highest BCUT2D eigenvalue weighted by Gasteiger charge is 2.42. The van der Waals surface area contributed by atoms with Crippen molar-refractivity contribution >= 4 is 21.4 Å². The molecular weight excluding hydrogens is 280 g/mol. The minimum absolute atomic E-state index is 0.226. The zero-order valence-corrected chi connectivity index (χ0v) is 13.5. The molecular formula is C13H22N2O2S2. The Hall–Kier alpha value is -0.430. The standard InChI is InChI=1S/C13H22N2O2S2/c1-9(2)14-7-11-12(10(3)8-18-11)19(16,17)15-13(4)5-6-13/h8-9,14-15H,5-7H2,1-4H3. The fraction of sp³-hybridized carbons (Fsp3) is 0.692. The third-order valence-corrected chi connectivity index (χ3v) is 6.41. The maximum atomic E-state index is 12.5. The van der Waals surface area contributed by atoms with E-state index in [-0.39, 0.29) is 5.54 Å². The second-order valence-corrected chi connectivity index (χ2v) is 8.46. The third kappa shape index (κ3) is 3.56. The molecule has 0 spiro atoms. The van der Waals surface area contributed by atoms with Crippen LogP contribution >= 0.6 is 11.3 Å². The Kier molecular flexibility index (Phi) is 4.07. The van der Waals surface area contributed by atoms with Gasteiger partial charge in [-0.05, 0) is 37.6 Å². The van der Waals surface area contributed by atoms with Crippen LogP contribution < -0.4 is 10.0 Å². The number of nitrogens with one attached hydrogen (secondary N) is 2. The van der Waals surface area contributed by atoms with Crippen molar-refractivity contribution in [3.05, 3.63) is 15.8 Å². The van der Waals surface area contributed by atoms with Crippen molar-refractivity contribution in [3.8, 4) is 0 Å². The van der Waals surface area contributed by atoms with Crippen molar-refractivity contribution in [2.45, 2.75) is 63.6 Å². The van der Waals surface area contributed by atoms with Crippen molar-refractivity contribution in [3.63, 3.8) is 0 Å². The molecule has 108 valence electrons. The lowest BCUT2D eigenvalue weighted by Gasteiger charge is -2.14. The Morgan fingerprint density at radius 1 is 1.42 bits per heavy atom. The summed E-state index contributed by atoms with van der Waals surface area (Å²) in [6.07, 6.45) is 1.85. The van der Waals surface area contributed by atoms with E-state index in [2.05, 4.69) is 23.9 Å². The highest BCUT2D eigenvalue weighted by atomic mass is 32.2. The van der Waals surface area contributed by atoms with Gasteiger partial charge in [0.25, 0.3) is 0 Å². The van der Waals surface area contributed by atoms with Gasteiger partial charge in [0.2, 0.25) is 10.0 Å². The van der Waals surface area contributed by atoms with Crippen molar-refractivity contribution in [2.75, 3.05) is 0 Å². The van der Waals surface area contributed by atoms with Gasteiger partial charge in [0.1, 0.15) is 4.90 Å². The fourth-order valence-corrected chi connectivity index (χ4v) is 5.16. The minimum Gasteiger partial charge on any atom is -0.310 e. The van der Waals surface area contributed by atoms with E-state index in [1.807, 2.05) is 19.2 Å². The van der Waals surface area contributed by atoms with E-state index < -0.39 is 10.0 Å². The first-order chi connectivity index (χ1) is 8.73. The maximum Gasteiger partial charge on any atom is 0.242 e. The first kappa shape index (κ1) is 15.0. The molecule has 2 N–H and O–H groups in total. The van der Waals surface area contributed by atoms with Gasteiger partial charge in [-0.15, -0.1) is 11.3 Å². The number of aryl methyl sites for hydroxylation is 1. The van der Waals surface area contributed by atoms with Gasteiger partial charge in [-0.3, -0.25) is 0 Å². The van der Waals surface area contributed by atoms with Crippen molar-refractivity contribution in [2.24, 2.45) is 0 Å². The average molecular weight is 302 g/mol. The molecule has 4 nitrogen and oxygen atoms in total. The lowest BCUT2D eigenvalue weighted by molar-refractivity contribution is 0.552. The zero-order valence-electron chi connectivity index (χ0n) is 11.9. The van der Waals surface area contributed by atoms with Gasteiger partial charge in [0.05, 0.1) is 0 Å². The van der Waals surface area contributed by atoms with Crippen LogP contribution in [-0.4, -0.2) is 20.0 Å². The molecule has 0 atom stereocenters. The lowest BCUT2D eigenvalue weighted by atomic mass is 10.3. The van der Waals surface area contributed by atoms with Gasteiger partial charge in [-0.2, -0.15) is 0 Å². The Labute approximate surface area is 119 Å². The Balaban J connectivity index is 2.25. The van der Waals surface area contributed by atoms with Gasteiger partial charge in [-0.1, -0.05) is 13.8 Å². The van der Waals surface area contributed by atoms with Crippen molar-refractivity contribution < 1.29 is 8.42 Å². The van der Waals surface area contributed by atoms with Crippen molar-refractivity contribution in [1.82, 2.24) is 10.0 Å². The predicted molar refractivity (Wildman–Crippen MR) is 79.0 cm³/mol. The molecule has 0 bridgehead atoms. The topological polar surface area (TPSA) is 58.2 Å². The summed E-state index contributed by atoms with van der Waals surface area (Å²) in [4.78, 5) is 1.36. The summed E-state index contributed by atoms with van der Waals surface area (Å²) in [6.45, 7) is 8.52. The lowest BCUT2D eigenvalue weighted by Crippen LogP contribution is -2.35. The fourth-order valence-electron chi connectivity index (χ4n) is 1.93. The average Bonchev–Trinajstić information content (AvgIpc) is 2.85. The van der Waals surface area contributed by atoms with Crippen LogP contribution in [0, 0.1) is 6.92 Å². The number of hydrogen-bond acceptors (Lipinski definition) is 4. The summed E-state index contributed by atoms with van der Waals surface area (Å²) >= 11 is 1.51. The molecule has 0 saturated heterocycles. The molecule has 1 aliphatic carbocycles. The van der Waals surface area contributed by atoms with E-state index in [0.29, 0.717) is 17.5 Å². The van der Waals surface area contributed by atoms with E-state index >= 15 is 0 Å². The van der Waals surface area contributed by atoms with E-state index in [4.69, 9.17) is 0 Å². The molecule has 1 aromatic rings. The molecule has 1 aromatic heterocycles. The summed E-state index contributed by atoms with van der Waals surface area (Å²) in [7, 11) is -3.40. The Bertz CT molecular complexity index is 557. The zero-order chi connectivity index (χ0) is 14.3. The SMILES string of the molecule is Cc1csc(CNC(C)C)c1S(=O)(=O)NC1(C)CC1. The van der Waals surface area contributed by atoms with Crippen LogP contribution in [0.4, 0.5) is 0 Å². The van der Waals surface area contributed by atoms with Gasteiger partial charge in [-0.25, -0.2) is 13.1 Å². The van der Waals surface area contributed by atoms with E-state index in [1.165, 1.54) is 11.3 Å². The smallest absolute Gasteiger partial charge is 0.242 e. The molecule has 0 aromatic carbocycles. The van der Waals surface area contributed by atoms with Crippen LogP contribution in [0.5, 0.6) is 0 Å². The molecule has 0 unspecified atom stereocenters. The Morgan fingerprint density at radius 3 is 2.58 bits per heavy atom. The molecule has 19 heavy (non-hydrogen) atoms. The monoisotopic (exact) mass is 302 g/mol. The first-order valence-electron chi connectivity index (χ1n) is 6.58. The summed E-state index contributed by atoms with van der Waals surface area (Å²) in [5.74, 6) is 0. The van der Waals surface area contributed by atoms with Gasteiger partial charge >= 0.3 is 0 Å². The van der Waals surface area contributed by atoms with Gasteiger partial charge in [0, 0.05) is 23.0 Å². The molecule has 6 heteroatoms. The quantitative estimate of drug-likeness (QED) is 0.848. The minimum atomic E-state index is -3.40. The van der Waals surface area contributed by atoms with E-state index in [9.17, 15) is 8.42 Å². The second-order valence-electron chi connectivity index (χ2n) is 5.87. The highest BCUT2D eigenvalue weighted by Crippen LogP contribution is 2.37. The third-order valence-electron chi connectivity index (χ3n) is 3.31.